The number of carbonyl (C=O) groups excluding carboxylic acids is 3. The highest BCUT2D eigenvalue weighted by atomic mass is 32.1. The van der Waals surface area contributed by atoms with E-state index in [1.807, 2.05) is 6.92 Å². The van der Waals surface area contributed by atoms with Crippen LogP contribution in [0.1, 0.15) is 51.9 Å². The van der Waals surface area contributed by atoms with Crippen LogP contribution in [-0.2, 0) is 14.3 Å². The monoisotopic (exact) mass is 524 g/mol. The molecule has 1 fully saturated rings. The Morgan fingerprint density at radius 1 is 1.11 bits per heavy atom. The van der Waals surface area contributed by atoms with Gasteiger partial charge in [0.15, 0.2) is 5.13 Å². The van der Waals surface area contributed by atoms with Crippen molar-refractivity contribution in [2.75, 3.05) is 18.1 Å². The number of nitrogens with zero attached hydrogens (tertiary/aromatic N) is 2. The molecule has 0 unspecified atom stereocenters. The number of hydrogen-bond acceptors (Lipinski definition) is 8. The van der Waals surface area contributed by atoms with Crippen molar-refractivity contribution in [3.05, 3.63) is 81.1 Å². The van der Waals surface area contributed by atoms with Gasteiger partial charge < -0.3 is 14.6 Å². The lowest BCUT2D eigenvalue weighted by molar-refractivity contribution is -0.132. The lowest BCUT2D eigenvalue weighted by atomic mass is 9.95. The fourth-order valence-corrected chi connectivity index (χ4v) is 5.01. The third-order valence-electron chi connectivity index (χ3n) is 5.85. The van der Waals surface area contributed by atoms with Gasteiger partial charge in [-0.1, -0.05) is 35.6 Å². The van der Waals surface area contributed by atoms with Gasteiger partial charge in [0.25, 0.3) is 5.78 Å². The summed E-state index contributed by atoms with van der Waals surface area (Å²) in [6.45, 7) is 7.30. The zero-order valence-electron chi connectivity index (χ0n) is 20.7. The Morgan fingerprint density at radius 2 is 1.81 bits per heavy atom. The number of hydrogen-bond donors (Lipinski definition) is 1. The Kier molecular flexibility index (Phi) is 7.40. The second-order valence-corrected chi connectivity index (χ2v) is 9.24. The van der Waals surface area contributed by atoms with Crippen LogP contribution in [0.4, 0.5) is 9.52 Å². The Morgan fingerprint density at radius 3 is 2.43 bits per heavy atom. The zero-order chi connectivity index (χ0) is 26.9. The lowest BCUT2D eigenvalue weighted by Gasteiger charge is -2.23. The predicted molar refractivity (Wildman–Crippen MR) is 136 cm³/mol. The van der Waals surface area contributed by atoms with E-state index >= 15 is 0 Å². The van der Waals surface area contributed by atoms with Crippen molar-refractivity contribution in [2.45, 2.75) is 33.7 Å². The van der Waals surface area contributed by atoms with Crippen molar-refractivity contribution in [3.63, 3.8) is 0 Å². The first-order valence-corrected chi connectivity index (χ1v) is 12.4. The number of ether oxygens (including phenoxy) is 2. The van der Waals surface area contributed by atoms with E-state index in [2.05, 4.69) is 4.98 Å². The third-order valence-corrected chi connectivity index (χ3v) is 6.99. The quantitative estimate of drug-likeness (QED) is 0.198. The van der Waals surface area contributed by atoms with Gasteiger partial charge in [0.2, 0.25) is 0 Å². The number of amides is 1. The number of halogens is 1. The number of aryl methyl sites for hydroxylation is 2. The molecule has 4 rings (SSSR count). The molecule has 1 N–H and O–H groups in total. The largest absolute Gasteiger partial charge is 0.507 e. The fraction of sp³-hybridized carbons (Fsp3) is 0.259. The van der Waals surface area contributed by atoms with Gasteiger partial charge in [-0.05, 0) is 57.0 Å². The number of aliphatic hydroxyl groups is 1. The van der Waals surface area contributed by atoms with E-state index < -0.39 is 35.3 Å². The number of anilines is 1. The molecule has 2 heterocycles. The number of esters is 1. The van der Waals surface area contributed by atoms with Crippen molar-refractivity contribution in [2.24, 2.45) is 0 Å². The minimum Gasteiger partial charge on any atom is -0.507 e. The first kappa shape index (κ1) is 26.0. The Balaban J connectivity index is 1.90. The minimum atomic E-state index is -1.08. The summed E-state index contributed by atoms with van der Waals surface area (Å²) in [5.74, 6) is -2.98. The first-order valence-electron chi connectivity index (χ1n) is 11.6. The van der Waals surface area contributed by atoms with Gasteiger partial charge in [-0.25, -0.2) is 14.2 Å². The maximum atomic E-state index is 14.3. The molecule has 1 saturated heterocycles. The van der Waals surface area contributed by atoms with E-state index in [0.29, 0.717) is 29.2 Å². The molecule has 0 aliphatic carbocycles. The number of Topliss-reactive ketones (excluding diaryl/α,β-unsaturated/α-hetero) is 1. The van der Waals surface area contributed by atoms with Crippen LogP contribution in [0.5, 0.6) is 5.75 Å². The standard InChI is InChI=1S/C27H25FN2O6S/c1-5-35-18-11-9-16(10-12-18)21-20(22(31)17-8-7-14(3)19(28)13-17)23(32)25(33)30(21)27-29-15(4)24(37-27)26(34)36-6-2/h7-13,21,31H,5-6H2,1-4H3/t21-/m1/s1. The molecule has 1 amide bonds. The van der Waals surface area contributed by atoms with Gasteiger partial charge in [0.05, 0.1) is 30.5 Å². The normalized spacial score (nSPS) is 16.8. The van der Waals surface area contributed by atoms with E-state index in [1.165, 1.54) is 12.1 Å². The van der Waals surface area contributed by atoms with Crippen molar-refractivity contribution in [1.29, 1.82) is 0 Å². The smallest absolute Gasteiger partial charge is 0.350 e. The van der Waals surface area contributed by atoms with Gasteiger partial charge in [-0.15, -0.1) is 0 Å². The van der Waals surface area contributed by atoms with Crippen LogP contribution in [0.2, 0.25) is 0 Å². The summed E-state index contributed by atoms with van der Waals surface area (Å²) in [5, 5.41) is 11.3. The average Bonchev–Trinajstić information content (AvgIpc) is 3.38. The van der Waals surface area contributed by atoms with Crippen LogP contribution in [0, 0.1) is 19.7 Å². The molecule has 0 spiro atoms. The summed E-state index contributed by atoms with van der Waals surface area (Å²) < 4.78 is 24.9. The summed E-state index contributed by atoms with van der Waals surface area (Å²) in [6.07, 6.45) is 0. The van der Waals surface area contributed by atoms with E-state index in [1.54, 1.807) is 45.0 Å². The molecule has 1 aliphatic heterocycles. The van der Waals surface area contributed by atoms with Gasteiger partial charge in [0, 0.05) is 5.56 Å². The van der Waals surface area contributed by atoms with E-state index in [9.17, 15) is 23.9 Å². The average molecular weight is 525 g/mol. The molecule has 1 aliphatic rings. The summed E-state index contributed by atoms with van der Waals surface area (Å²) in [4.78, 5) is 44.7. The minimum absolute atomic E-state index is 0.0552. The first-order chi connectivity index (χ1) is 17.7. The molecule has 3 aromatic rings. The van der Waals surface area contributed by atoms with Crippen LogP contribution < -0.4 is 9.64 Å². The molecule has 0 saturated carbocycles. The van der Waals surface area contributed by atoms with Gasteiger partial charge in [-0.2, -0.15) is 0 Å². The van der Waals surface area contributed by atoms with Gasteiger partial charge in [0.1, 0.15) is 22.2 Å². The van der Waals surface area contributed by atoms with Gasteiger partial charge in [-0.3, -0.25) is 14.5 Å². The van der Waals surface area contributed by atoms with E-state index in [0.717, 1.165) is 22.3 Å². The molecule has 2 aromatic carbocycles. The van der Waals surface area contributed by atoms with Crippen molar-refractivity contribution >= 4 is 39.9 Å². The van der Waals surface area contributed by atoms with E-state index in [4.69, 9.17) is 9.47 Å². The number of ketones is 1. The lowest BCUT2D eigenvalue weighted by Crippen LogP contribution is -2.29. The fourth-order valence-electron chi connectivity index (χ4n) is 4.03. The van der Waals surface area contributed by atoms with Crippen molar-refractivity contribution in [1.82, 2.24) is 4.98 Å². The molecule has 0 bridgehead atoms. The number of rotatable bonds is 7. The molecule has 0 radical (unpaired) electrons. The molecule has 10 heteroatoms. The number of thiazole rings is 1. The summed E-state index contributed by atoms with van der Waals surface area (Å²) in [5.41, 5.74) is 1.03. The maximum absolute atomic E-state index is 14.3. The van der Waals surface area contributed by atoms with Crippen LogP contribution in [0.3, 0.4) is 0 Å². The number of carbonyl (C=O) groups is 3. The Labute approximate surface area is 217 Å². The van der Waals surface area contributed by atoms with Crippen LogP contribution in [0.15, 0.2) is 48.0 Å². The van der Waals surface area contributed by atoms with Crippen LogP contribution in [0.25, 0.3) is 5.76 Å². The Hall–Kier alpha value is -4.05. The molecule has 192 valence electrons. The van der Waals surface area contributed by atoms with Crippen molar-refractivity contribution < 1.29 is 33.4 Å². The predicted octanol–water partition coefficient (Wildman–Crippen LogP) is 5.10. The second-order valence-electron chi connectivity index (χ2n) is 8.27. The van der Waals surface area contributed by atoms with Crippen LogP contribution >= 0.6 is 11.3 Å². The molecule has 1 atom stereocenters. The molecule has 8 nitrogen and oxygen atoms in total. The highest BCUT2D eigenvalue weighted by molar-refractivity contribution is 7.17. The third kappa shape index (κ3) is 4.84. The SMILES string of the molecule is CCOC(=O)c1sc(N2C(=O)C(=O)C(=C(O)c3ccc(C)c(F)c3)[C@H]2c2ccc(OCC)cc2)nc1C. The van der Waals surface area contributed by atoms with Crippen LogP contribution in [-0.4, -0.2) is 41.0 Å². The molecule has 37 heavy (non-hydrogen) atoms. The number of benzene rings is 2. The second kappa shape index (κ2) is 10.5. The maximum Gasteiger partial charge on any atom is 0.350 e. The highest BCUT2D eigenvalue weighted by Gasteiger charge is 2.48. The van der Waals surface area contributed by atoms with E-state index in [-0.39, 0.29) is 27.8 Å². The van der Waals surface area contributed by atoms with Crippen molar-refractivity contribution in [3.8, 4) is 5.75 Å². The molecular formula is C27H25FN2O6S. The van der Waals surface area contributed by atoms with Gasteiger partial charge >= 0.3 is 11.9 Å². The highest BCUT2D eigenvalue weighted by Crippen LogP contribution is 2.44. The molecule has 1 aromatic heterocycles. The summed E-state index contributed by atoms with van der Waals surface area (Å²) >= 11 is 0.913. The topological polar surface area (TPSA) is 106 Å². The zero-order valence-corrected chi connectivity index (χ0v) is 21.5. The Bertz CT molecular complexity index is 1410. The summed E-state index contributed by atoms with van der Waals surface area (Å²) in [7, 11) is 0. The summed E-state index contributed by atoms with van der Waals surface area (Å²) in [6, 6.07) is 9.68. The number of aliphatic hydroxyl groups excluding tert-OH is 1. The number of aromatic nitrogens is 1. The molecular weight excluding hydrogens is 499 g/mol.